The number of rotatable bonds is 4. The third kappa shape index (κ3) is 2.74. The molecule has 0 saturated heterocycles. The summed E-state index contributed by atoms with van der Waals surface area (Å²) in [6, 6.07) is 11.2. The van der Waals surface area contributed by atoms with Crippen molar-refractivity contribution in [3.63, 3.8) is 0 Å². The first kappa shape index (κ1) is 11.4. The van der Waals surface area contributed by atoms with E-state index in [0.717, 1.165) is 17.8 Å². The first-order chi connectivity index (χ1) is 8.81. The SMILES string of the molecule is Fc1cccc(-c2ccc(CNC3CC3)cn2)c1. The molecule has 1 saturated carbocycles. The summed E-state index contributed by atoms with van der Waals surface area (Å²) in [5.74, 6) is -0.228. The number of hydrogen-bond donors (Lipinski definition) is 1. The van der Waals surface area contributed by atoms with Gasteiger partial charge in [-0.1, -0.05) is 18.2 Å². The third-order valence-electron chi connectivity index (χ3n) is 3.12. The predicted molar refractivity (Wildman–Crippen MR) is 69.5 cm³/mol. The molecule has 2 aromatic rings. The van der Waals surface area contributed by atoms with Crippen LogP contribution < -0.4 is 5.32 Å². The van der Waals surface area contributed by atoms with Crippen LogP contribution in [0.2, 0.25) is 0 Å². The number of halogens is 1. The highest BCUT2D eigenvalue weighted by Gasteiger charge is 2.19. The average molecular weight is 242 g/mol. The fraction of sp³-hybridized carbons (Fsp3) is 0.267. The molecule has 1 aliphatic carbocycles. The molecule has 3 heteroatoms. The van der Waals surface area contributed by atoms with Crippen molar-refractivity contribution < 1.29 is 4.39 Å². The Morgan fingerprint density at radius 3 is 2.78 bits per heavy atom. The zero-order valence-corrected chi connectivity index (χ0v) is 10.1. The number of nitrogens with zero attached hydrogens (tertiary/aromatic N) is 1. The van der Waals surface area contributed by atoms with Crippen molar-refractivity contribution >= 4 is 0 Å². The highest BCUT2D eigenvalue weighted by atomic mass is 19.1. The Hall–Kier alpha value is -1.74. The summed E-state index contributed by atoms with van der Waals surface area (Å²) in [7, 11) is 0. The number of benzene rings is 1. The summed E-state index contributed by atoms with van der Waals surface area (Å²) in [5.41, 5.74) is 2.79. The number of pyridine rings is 1. The molecule has 0 spiro atoms. The lowest BCUT2D eigenvalue weighted by molar-refractivity contribution is 0.628. The van der Waals surface area contributed by atoms with Crippen molar-refractivity contribution in [3.05, 3.63) is 54.0 Å². The zero-order chi connectivity index (χ0) is 12.4. The van der Waals surface area contributed by atoms with Crippen LogP contribution in [0.4, 0.5) is 4.39 Å². The van der Waals surface area contributed by atoms with Crippen molar-refractivity contribution in [2.24, 2.45) is 0 Å². The van der Waals surface area contributed by atoms with Crippen LogP contribution in [0.5, 0.6) is 0 Å². The molecule has 92 valence electrons. The minimum absolute atomic E-state index is 0.228. The molecule has 2 nitrogen and oxygen atoms in total. The van der Waals surface area contributed by atoms with E-state index in [1.165, 1.54) is 30.5 Å². The molecule has 0 unspecified atom stereocenters. The molecule has 18 heavy (non-hydrogen) atoms. The van der Waals surface area contributed by atoms with Gasteiger partial charge in [-0.05, 0) is 36.6 Å². The quantitative estimate of drug-likeness (QED) is 0.891. The molecule has 1 aromatic carbocycles. The van der Waals surface area contributed by atoms with E-state index >= 15 is 0 Å². The van der Waals surface area contributed by atoms with Crippen molar-refractivity contribution in [1.82, 2.24) is 10.3 Å². The first-order valence-corrected chi connectivity index (χ1v) is 6.25. The zero-order valence-electron chi connectivity index (χ0n) is 10.1. The van der Waals surface area contributed by atoms with Gasteiger partial charge in [0.15, 0.2) is 0 Å². The minimum Gasteiger partial charge on any atom is -0.310 e. The Balaban J connectivity index is 1.73. The molecule has 0 amide bonds. The van der Waals surface area contributed by atoms with E-state index in [1.807, 2.05) is 24.4 Å². The summed E-state index contributed by atoms with van der Waals surface area (Å²) in [6.07, 6.45) is 4.43. The summed E-state index contributed by atoms with van der Waals surface area (Å²) in [5, 5.41) is 3.44. The molecule has 0 atom stereocenters. The smallest absolute Gasteiger partial charge is 0.123 e. The lowest BCUT2D eigenvalue weighted by Crippen LogP contribution is -2.15. The fourth-order valence-corrected chi connectivity index (χ4v) is 1.90. The van der Waals surface area contributed by atoms with Crippen LogP contribution in [0, 0.1) is 5.82 Å². The van der Waals surface area contributed by atoms with Gasteiger partial charge in [0.25, 0.3) is 0 Å². The highest BCUT2D eigenvalue weighted by Crippen LogP contribution is 2.20. The molecular formula is C15H15FN2. The van der Waals surface area contributed by atoms with Crippen LogP contribution in [0.15, 0.2) is 42.6 Å². The van der Waals surface area contributed by atoms with Crippen molar-refractivity contribution in [3.8, 4) is 11.3 Å². The fourth-order valence-electron chi connectivity index (χ4n) is 1.90. The van der Waals surface area contributed by atoms with Crippen LogP contribution in [0.3, 0.4) is 0 Å². The number of aromatic nitrogens is 1. The molecule has 1 fully saturated rings. The Morgan fingerprint density at radius 1 is 1.22 bits per heavy atom. The van der Waals surface area contributed by atoms with Gasteiger partial charge in [0.2, 0.25) is 0 Å². The summed E-state index contributed by atoms with van der Waals surface area (Å²) in [6.45, 7) is 0.862. The molecule has 1 N–H and O–H groups in total. The molecule has 1 heterocycles. The molecule has 0 aliphatic heterocycles. The maximum Gasteiger partial charge on any atom is 0.123 e. The van der Waals surface area contributed by atoms with Crippen molar-refractivity contribution in [2.75, 3.05) is 0 Å². The molecule has 0 radical (unpaired) electrons. The van der Waals surface area contributed by atoms with Gasteiger partial charge in [0, 0.05) is 24.3 Å². The summed E-state index contributed by atoms with van der Waals surface area (Å²) < 4.78 is 13.1. The molecule has 1 aliphatic rings. The van der Waals surface area contributed by atoms with E-state index in [1.54, 1.807) is 6.07 Å². The summed E-state index contributed by atoms with van der Waals surface area (Å²) >= 11 is 0. The van der Waals surface area contributed by atoms with E-state index in [-0.39, 0.29) is 5.82 Å². The van der Waals surface area contributed by atoms with Crippen LogP contribution in [-0.2, 0) is 6.54 Å². The number of nitrogens with one attached hydrogen (secondary N) is 1. The van der Waals surface area contributed by atoms with Crippen molar-refractivity contribution in [2.45, 2.75) is 25.4 Å². The van der Waals surface area contributed by atoms with E-state index in [4.69, 9.17) is 0 Å². The van der Waals surface area contributed by atoms with Crippen LogP contribution in [-0.4, -0.2) is 11.0 Å². The van der Waals surface area contributed by atoms with Gasteiger partial charge in [-0.3, -0.25) is 4.98 Å². The minimum atomic E-state index is -0.228. The van der Waals surface area contributed by atoms with Gasteiger partial charge in [-0.2, -0.15) is 0 Å². The maximum absolute atomic E-state index is 13.1. The van der Waals surface area contributed by atoms with Gasteiger partial charge in [-0.15, -0.1) is 0 Å². The predicted octanol–water partition coefficient (Wildman–Crippen LogP) is 3.14. The molecule has 1 aromatic heterocycles. The standard InChI is InChI=1S/C15H15FN2/c16-13-3-1-2-12(8-13)15-7-4-11(10-18-15)9-17-14-5-6-14/h1-4,7-8,10,14,17H,5-6,9H2. The largest absolute Gasteiger partial charge is 0.310 e. The van der Waals surface area contributed by atoms with Crippen LogP contribution >= 0.6 is 0 Å². The molecule has 3 rings (SSSR count). The van der Waals surface area contributed by atoms with Crippen LogP contribution in [0.25, 0.3) is 11.3 Å². The van der Waals surface area contributed by atoms with Gasteiger partial charge in [-0.25, -0.2) is 4.39 Å². The lowest BCUT2D eigenvalue weighted by Gasteiger charge is -2.05. The van der Waals surface area contributed by atoms with Gasteiger partial charge < -0.3 is 5.32 Å². The Bertz CT molecular complexity index is 532. The second kappa shape index (κ2) is 4.86. The van der Waals surface area contributed by atoms with Gasteiger partial charge in [0.05, 0.1) is 5.69 Å². The Kier molecular flexibility index (Phi) is 3.07. The van der Waals surface area contributed by atoms with Gasteiger partial charge >= 0.3 is 0 Å². The highest BCUT2D eigenvalue weighted by molar-refractivity contribution is 5.58. The maximum atomic E-state index is 13.1. The average Bonchev–Trinajstić information content (AvgIpc) is 3.21. The monoisotopic (exact) mass is 242 g/mol. The first-order valence-electron chi connectivity index (χ1n) is 6.25. The van der Waals surface area contributed by atoms with Crippen molar-refractivity contribution in [1.29, 1.82) is 0 Å². The normalized spacial score (nSPS) is 14.7. The second-order valence-electron chi connectivity index (χ2n) is 4.72. The van der Waals surface area contributed by atoms with E-state index in [9.17, 15) is 4.39 Å². The lowest BCUT2D eigenvalue weighted by atomic mass is 10.1. The molecular weight excluding hydrogens is 227 g/mol. The van der Waals surface area contributed by atoms with E-state index in [2.05, 4.69) is 10.3 Å². The van der Waals surface area contributed by atoms with E-state index < -0.39 is 0 Å². The van der Waals surface area contributed by atoms with E-state index in [0.29, 0.717) is 6.04 Å². The second-order valence-corrected chi connectivity index (χ2v) is 4.72. The van der Waals surface area contributed by atoms with Crippen LogP contribution in [0.1, 0.15) is 18.4 Å². The topological polar surface area (TPSA) is 24.9 Å². The van der Waals surface area contributed by atoms with Gasteiger partial charge in [0.1, 0.15) is 5.82 Å². The number of hydrogen-bond acceptors (Lipinski definition) is 2. The Morgan fingerprint density at radius 2 is 2.11 bits per heavy atom. The summed E-state index contributed by atoms with van der Waals surface area (Å²) in [4.78, 5) is 4.38. The molecule has 0 bridgehead atoms. The third-order valence-corrected chi connectivity index (χ3v) is 3.12. The Labute approximate surface area is 106 Å².